The lowest BCUT2D eigenvalue weighted by atomic mass is 10.1. The number of ether oxygens (including phenoxy) is 1. The van der Waals surface area contributed by atoms with E-state index < -0.39 is 0 Å². The molecule has 2 atom stereocenters. The number of benzene rings is 1. The van der Waals surface area contributed by atoms with Gasteiger partial charge in [0.05, 0.1) is 24.3 Å². The average Bonchev–Trinajstić information content (AvgIpc) is 3.36. The van der Waals surface area contributed by atoms with Gasteiger partial charge in [0, 0.05) is 13.7 Å². The molecule has 2 aromatic heterocycles. The second-order valence-electron chi connectivity index (χ2n) is 6.16. The molecular weight excluding hydrogens is 323 g/mol. The number of hydrogen-bond donors (Lipinski definition) is 1. The fourth-order valence-electron chi connectivity index (χ4n) is 3.34. The fourth-order valence-corrected chi connectivity index (χ4v) is 3.34. The van der Waals surface area contributed by atoms with Crippen LogP contribution in [-0.4, -0.2) is 39.8 Å². The number of nitrogens with one attached hydrogen (secondary N) is 1. The van der Waals surface area contributed by atoms with Crippen molar-refractivity contribution >= 4 is 0 Å². The first-order valence-corrected chi connectivity index (χ1v) is 8.20. The summed E-state index contributed by atoms with van der Waals surface area (Å²) in [7, 11) is 1.72. The molecule has 130 valence electrons. The van der Waals surface area contributed by atoms with Gasteiger partial charge < -0.3 is 9.15 Å². The highest BCUT2D eigenvalue weighted by Gasteiger charge is 2.35. The lowest BCUT2D eigenvalue weighted by molar-refractivity contribution is 0.106. The Balaban J connectivity index is 1.54. The molecule has 6 nitrogen and oxygen atoms in total. The van der Waals surface area contributed by atoms with Gasteiger partial charge in [-0.1, -0.05) is 12.1 Å². The van der Waals surface area contributed by atoms with Crippen molar-refractivity contribution in [1.82, 2.24) is 20.1 Å². The predicted octanol–water partition coefficient (Wildman–Crippen LogP) is 3.17. The zero-order valence-corrected chi connectivity index (χ0v) is 13.9. The van der Waals surface area contributed by atoms with Crippen LogP contribution >= 0.6 is 0 Å². The van der Waals surface area contributed by atoms with Crippen LogP contribution in [0, 0.1) is 5.82 Å². The molecule has 25 heavy (non-hydrogen) atoms. The van der Waals surface area contributed by atoms with E-state index in [-0.39, 0.29) is 18.0 Å². The topological polar surface area (TPSA) is 67.2 Å². The Morgan fingerprint density at radius 2 is 2.20 bits per heavy atom. The Morgan fingerprint density at radius 1 is 1.32 bits per heavy atom. The fraction of sp³-hybridized carbons (Fsp3) is 0.333. The van der Waals surface area contributed by atoms with Crippen LogP contribution in [0.4, 0.5) is 4.39 Å². The van der Waals surface area contributed by atoms with E-state index in [1.807, 2.05) is 6.07 Å². The van der Waals surface area contributed by atoms with E-state index in [2.05, 4.69) is 20.1 Å². The third-order valence-electron chi connectivity index (χ3n) is 4.61. The van der Waals surface area contributed by atoms with Gasteiger partial charge in [0.25, 0.3) is 0 Å². The van der Waals surface area contributed by atoms with E-state index in [1.54, 1.807) is 31.4 Å². The molecular formula is C18H19FN4O2. The molecule has 0 bridgehead atoms. The SMILES string of the molecule is CO[C@@H]1C[C@@H](c2ncn[nH]2)N(Cc2ccc(-c3ccccc3F)o2)C1. The molecule has 1 aliphatic heterocycles. The van der Waals surface area contributed by atoms with Crippen LogP contribution in [-0.2, 0) is 11.3 Å². The minimum Gasteiger partial charge on any atom is -0.460 e. The van der Waals surface area contributed by atoms with Gasteiger partial charge in [-0.05, 0) is 30.7 Å². The summed E-state index contributed by atoms with van der Waals surface area (Å²) in [5.41, 5.74) is 0.469. The van der Waals surface area contributed by atoms with Gasteiger partial charge in [0.15, 0.2) is 0 Å². The smallest absolute Gasteiger partial charge is 0.141 e. The number of aromatic nitrogens is 3. The summed E-state index contributed by atoms with van der Waals surface area (Å²) in [5.74, 6) is 1.84. The lowest BCUT2D eigenvalue weighted by Crippen LogP contribution is -2.25. The molecule has 7 heteroatoms. The standard InChI is InChI=1S/C18H19FN4O2/c1-24-13-8-16(18-20-11-21-22-18)23(10-13)9-12-6-7-17(25-12)14-4-2-3-5-15(14)19/h2-7,11,13,16H,8-10H2,1H3,(H,20,21,22)/t13-,16+/m1/s1. The average molecular weight is 342 g/mol. The van der Waals surface area contributed by atoms with Gasteiger partial charge in [-0.3, -0.25) is 10.00 Å². The summed E-state index contributed by atoms with van der Waals surface area (Å²) >= 11 is 0. The molecule has 0 aliphatic carbocycles. The largest absolute Gasteiger partial charge is 0.460 e. The highest BCUT2D eigenvalue weighted by Crippen LogP contribution is 2.33. The van der Waals surface area contributed by atoms with Crippen molar-refractivity contribution in [3.05, 3.63) is 60.1 Å². The summed E-state index contributed by atoms with van der Waals surface area (Å²) in [4.78, 5) is 6.51. The Morgan fingerprint density at radius 3 is 2.96 bits per heavy atom. The molecule has 0 spiro atoms. The van der Waals surface area contributed by atoms with E-state index in [0.29, 0.717) is 17.9 Å². The number of aromatic amines is 1. The number of hydrogen-bond acceptors (Lipinski definition) is 5. The van der Waals surface area contributed by atoms with Crippen molar-refractivity contribution in [2.24, 2.45) is 0 Å². The number of rotatable bonds is 5. The highest BCUT2D eigenvalue weighted by molar-refractivity contribution is 5.58. The van der Waals surface area contributed by atoms with Crippen molar-refractivity contribution in [1.29, 1.82) is 0 Å². The Hall–Kier alpha value is -2.51. The van der Waals surface area contributed by atoms with Crippen molar-refractivity contribution in [2.75, 3.05) is 13.7 Å². The minimum atomic E-state index is -0.288. The van der Waals surface area contributed by atoms with Gasteiger partial charge in [0.2, 0.25) is 0 Å². The van der Waals surface area contributed by atoms with Crippen LogP contribution in [0.5, 0.6) is 0 Å². The van der Waals surface area contributed by atoms with Crippen LogP contribution in [0.2, 0.25) is 0 Å². The molecule has 1 N–H and O–H groups in total. The zero-order valence-electron chi connectivity index (χ0n) is 13.9. The number of H-pyrrole nitrogens is 1. The normalized spacial score (nSPS) is 21.0. The summed E-state index contributed by atoms with van der Waals surface area (Å²) < 4.78 is 25.3. The van der Waals surface area contributed by atoms with E-state index in [9.17, 15) is 4.39 Å². The van der Waals surface area contributed by atoms with Crippen LogP contribution < -0.4 is 0 Å². The molecule has 3 aromatic rings. The zero-order chi connectivity index (χ0) is 17.2. The Labute approximate surface area is 144 Å². The van der Waals surface area contributed by atoms with Crippen LogP contribution in [0.25, 0.3) is 11.3 Å². The summed E-state index contributed by atoms with van der Waals surface area (Å²) in [6.07, 6.45) is 2.49. The van der Waals surface area contributed by atoms with Crippen LogP contribution in [0.3, 0.4) is 0 Å². The van der Waals surface area contributed by atoms with Crippen LogP contribution in [0.15, 0.2) is 47.1 Å². The molecule has 0 saturated carbocycles. The highest BCUT2D eigenvalue weighted by atomic mass is 19.1. The molecule has 1 fully saturated rings. The van der Waals surface area contributed by atoms with Crippen molar-refractivity contribution in [3.8, 4) is 11.3 Å². The first-order chi connectivity index (χ1) is 12.2. The van der Waals surface area contributed by atoms with Gasteiger partial charge in [0.1, 0.15) is 29.5 Å². The number of nitrogens with zero attached hydrogens (tertiary/aromatic N) is 3. The maximum Gasteiger partial charge on any atom is 0.141 e. The van der Waals surface area contributed by atoms with Gasteiger partial charge in [-0.25, -0.2) is 9.37 Å². The predicted molar refractivity (Wildman–Crippen MR) is 89.0 cm³/mol. The van der Waals surface area contributed by atoms with Gasteiger partial charge in [-0.15, -0.1) is 0 Å². The van der Waals surface area contributed by atoms with E-state index >= 15 is 0 Å². The Kier molecular flexibility index (Phi) is 4.33. The maximum absolute atomic E-state index is 13.9. The van der Waals surface area contributed by atoms with Gasteiger partial charge in [-0.2, -0.15) is 5.10 Å². The monoisotopic (exact) mass is 342 g/mol. The summed E-state index contributed by atoms with van der Waals surface area (Å²) in [6.45, 7) is 1.37. The number of methoxy groups -OCH3 is 1. The lowest BCUT2D eigenvalue weighted by Gasteiger charge is -2.20. The third-order valence-corrected chi connectivity index (χ3v) is 4.61. The maximum atomic E-state index is 13.9. The van der Waals surface area contributed by atoms with E-state index in [1.165, 1.54) is 12.4 Å². The molecule has 0 radical (unpaired) electrons. The number of furan rings is 1. The summed E-state index contributed by atoms with van der Waals surface area (Å²) in [6, 6.07) is 10.4. The molecule has 0 amide bonds. The molecule has 0 unspecified atom stereocenters. The molecule has 1 aliphatic rings. The quantitative estimate of drug-likeness (QED) is 0.771. The summed E-state index contributed by atoms with van der Waals surface area (Å²) in [5, 5.41) is 6.88. The van der Waals surface area contributed by atoms with Gasteiger partial charge >= 0.3 is 0 Å². The van der Waals surface area contributed by atoms with Crippen molar-refractivity contribution in [2.45, 2.75) is 25.1 Å². The molecule has 1 aromatic carbocycles. The van der Waals surface area contributed by atoms with Crippen LogP contribution in [0.1, 0.15) is 24.0 Å². The number of likely N-dealkylation sites (tertiary alicyclic amines) is 1. The third kappa shape index (κ3) is 3.20. The van der Waals surface area contributed by atoms with Crippen molar-refractivity contribution in [3.63, 3.8) is 0 Å². The molecule has 3 heterocycles. The molecule has 4 rings (SSSR count). The number of halogens is 1. The van der Waals surface area contributed by atoms with E-state index in [0.717, 1.165) is 24.6 Å². The van der Waals surface area contributed by atoms with E-state index in [4.69, 9.17) is 9.15 Å². The van der Waals surface area contributed by atoms with Crippen molar-refractivity contribution < 1.29 is 13.5 Å². The first-order valence-electron chi connectivity index (χ1n) is 8.20. The Bertz CT molecular complexity index is 833. The second-order valence-corrected chi connectivity index (χ2v) is 6.16. The first kappa shape index (κ1) is 16.0. The minimum absolute atomic E-state index is 0.0921. The molecule has 1 saturated heterocycles. The second kappa shape index (κ2) is 6.78.